The molecule has 0 bridgehead atoms. The lowest BCUT2D eigenvalue weighted by atomic mass is 10.1. The molecular formula is C40H38N4O6. The molecule has 4 atom stereocenters. The topological polar surface area (TPSA) is 139 Å². The maximum Gasteiger partial charge on any atom is 0.256 e. The van der Waals surface area contributed by atoms with Gasteiger partial charge in [-0.3, -0.25) is 19.2 Å². The van der Waals surface area contributed by atoms with Crippen molar-refractivity contribution in [1.29, 1.82) is 0 Å². The summed E-state index contributed by atoms with van der Waals surface area (Å²) in [6.07, 6.45) is -0.260. The number of aliphatic hydroxyl groups is 2. The van der Waals surface area contributed by atoms with E-state index in [4.69, 9.17) is 0 Å². The SMILES string of the molecule is O=C(Nc1ccc(C#Cc2ccc(NC(=O)[C@@H]3CCCN3C(=O)[C@@H](O)c3ccccc3)cc2)cc1)[C@@H]1CCCN1C(=O)[C@@H](O)c1ccccc1. The molecule has 4 amide bonds. The van der Waals surface area contributed by atoms with Gasteiger partial charge < -0.3 is 30.6 Å². The minimum absolute atomic E-state index is 0.306. The van der Waals surface area contributed by atoms with Crippen LogP contribution in [0.2, 0.25) is 0 Å². The Morgan fingerprint density at radius 1 is 0.560 bits per heavy atom. The summed E-state index contributed by atoms with van der Waals surface area (Å²) in [6, 6.07) is 30.2. The molecule has 4 aromatic carbocycles. The Kier molecular flexibility index (Phi) is 10.7. The van der Waals surface area contributed by atoms with Crippen LogP contribution < -0.4 is 10.6 Å². The van der Waals surface area contributed by atoms with Crippen LogP contribution in [0, 0.1) is 11.8 Å². The van der Waals surface area contributed by atoms with E-state index < -0.39 is 36.1 Å². The third-order valence-electron chi connectivity index (χ3n) is 9.03. The van der Waals surface area contributed by atoms with Crippen LogP contribution in [0.25, 0.3) is 0 Å². The lowest BCUT2D eigenvalue weighted by molar-refractivity contribution is -0.144. The normalized spacial score (nSPS) is 18.0. The van der Waals surface area contributed by atoms with E-state index in [2.05, 4.69) is 22.5 Å². The molecule has 0 radical (unpaired) electrons. The lowest BCUT2D eigenvalue weighted by Crippen LogP contribution is -2.45. The highest BCUT2D eigenvalue weighted by atomic mass is 16.3. The molecule has 2 fully saturated rings. The predicted molar refractivity (Wildman–Crippen MR) is 188 cm³/mol. The number of carbonyl (C=O) groups excluding carboxylic acids is 4. The van der Waals surface area contributed by atoms with E-state index in [1.807, 2.05) is 12.1 Å². The third-order valence-corrected chi connectivity index (χ3v) is 9.03. The predicted octanol–water partition coefficient (Wildman–Crippen LogP) is 4.41. The number of hydrogen-bond donors (Lipinski definition) is 4. The molecule has 10 heteroatoms. The summed E-state index contributed by atoms with van der Waals surface area (Å²) in [4.78, 5) is 55.1. The first-order valence-corrected chi connectivity index (χ1v) is 16.7. The minimum atomic E-state index is -1.32. The number of hydrogen-bond acceptors (Lipinski definition) is 6. The summed E-state index contributed by atoms with van der Waals surface area (Å²) >= 11 is 0. The molecule has 0 spiro atoms. The van der Waals surface area contributed by atoms with Crippen molar-refractivity contribution in [2.45, 2.75) is 50.0 Å². The van der Waals surface area contributed by atoms with Gasteiger partial charge in [-0.15, -0.1) is 0 Å². The summed E-state index contributed by atoms with van der Waals surface area (Å²) in [7, 11) is 0. The van der Waals surface area contributed by atoms with Crippen LogP contribution in [0.5, 0.6) is 0 Å². The van der Waals surface area contributed by atoms with Crippen molar-refractivity contribution in [1.82, 2.24) is 9.80 Å². The Morgan fingerprint density at radius 3 is 1.28 bits per heavy atom. The van der Waals surface area contributed by atoms with Crippen molar-refractivity contribution in [3.05, 3.63) is 131 Å². The molecule has 254 valence electrons. The summed E-state index contributed by atoms with van der Waals surface area (Å²) in [6.45, 7) is 0.812. The Labute approximate surface area is 290 Å². The molecule has 6 rings (SSSR count). The molecule has 4 N–H and O–H groups in total. The van der Waals surface area contributed by atoms with E-state index in [1.54, 1.807) is 97.1 Å². The van der Waals surface area contributed by atoms with E-state index in [-0.39, 0.29) is 11.8 Å². The van der Waals surface area contributed by atoms with Gasteiger partial charge in [0.1, 0.15) is 12.1 Å². The number of rotatable bonds is 8. The van der Waals surface area contributed by atoms with Crippen molar-refractivity contribution in [2.24, 2.45) is 0 Å². The third kappa shape index (κ3) is 7.92. The van der Waals surface area contributed by atoms with Crippen molar-refractivity contribution in [3.63, 3.8) is 0 Å². The van der Waals surface area contributed by atoms with Crippen LogP contribution in [0.15, 0.2) is 109 Å². The number of carbonyl (C=O) groups is 4. The van der Waals surface area contributed by atoms with E-state index >= 15 is 0 Å². The molecule has 50 heavy (non-hydrogen) atoms. The van der Waals surface area contributed by atoms with E-state index in [1.165, 1.54) is 9.80 Å². The molecule has 2 saturated heterocycles. The fraction of sp³-hybridized carbons (Fsp3) is 0.250. The molecule has 0 unspecified atom stereocenters. The summed E-state index contributed by atoms with van der Waals surface area (Å²) < 4.78 is 0. The zero-order chi connectivity index (χ0) is 35.0. The highest BCUT2D eigenvalue weighted by Crippen LogP contribution is 2.26. The summed E-state index contributed by atoms with van der Waals surface area (Å²) in [5, 5.41) is 26.9. The molecule has 2 aliphatic heterocycles. The zero-order valence-electron chi connectivity index (χ0n) is 27.4. The standard InChI is InChI=1S/C40H38N4O6/c45-35(29-9-3-1-4-10-29)39(49)43-25-7-13-33(43)37(47)41-31-21-17-27(18-22-31)15-16-28-19-23-32(24-20-28)42-38(48)34-14-8-26-44(34)40(50)36(46)30-11-5-2-6-12-30/h1-6,9-12,17-24,33-36,45-46H,7-8,13-14,25-26H2,(H,41,47)(H,42,48)/t33-,34-,35-,36-/m0/s1. The molecule has 10 nitrogen and oxygen atoms in total. The quantitative estimate of drug-likeness (QED) is 0.205. The first-order valence-electron chi connectivity index (χ1n) is 16.7. The lowest BCUT2D eigenvalue weighted by Gasteiger charge is -2.26. The number of nitrogens with one attached hydrogen (secondary N) is 2. The monoisotopic (exact) mass is 670 g/mol. The van der Waals surface area contributed by atoms with Gasteiger partial charge in [0.15, 0.2) is 12.2 Å². The van der Waals surface area contributed by atoms with Crippen LogP contribution in [0.4, 0.5) is 11.4 Å². The molecule has 0 aromatic heterocycles. The van der Waals surface area contributed by atoms with Gasteiger partial charge in [-0.05, 0) is 85.3 Å². The van der Waals surface area contributed by atoms with E-state index in [9.17, 15) is 29.4 Å². The Bertz CT molecular complexity index is 1750. The van der Waals surface area contributed by atoms with E-state index in [0.717, 1.165) is 11.1 Å². The molecular weight excluding hydrogens is 632 g/mol. The number of anilines is 2. The van der Waals surface area contributed by atoms with Gasteiger partial charge >= 0.3 is 0 Å². The van der Waals surface area contributed by atoms with Crippen LogP contribution >= 0.6 is 0 Å². The van der Waals surface area contributed by atoms with Gasteiger partial charge in [-0.1, -0.05) is 72.5 Å². The summed E-state index contributed by atoms with van der Waals surface area (Å²) in [5.74, 6) is 4.61. The molecule has 0 aliphatic carbocycles. The maximum atomic E-state index is 13.1. The average Bonchev–Trinajstić information content (AvgIpc) is 3.86. The first kappa shape index (κ1) is 34.1. The largest absolute Gasteiger partial charge is 0.378 e. The van der Waals surface area contributed by atoms with Gasteiger partial charge in [0.25, 0.3) is 11.8 Å². The molecule has 2 heterocycles. The second-order valence-corrected chi connectivity index (χ2v) is 12.4. The van der Waals surface area contributed by atoms with Crippen LogP contribution in [-0.2, 0) is 19.2 Å². The number of amides is 4. The summed E-state index contributed by atoms with van der Waals surface area (Å²) in [5.41, 5.74) is 3.58. The highest BCUT2D eigenvalue weighted by Gasteiger charge is 2.38. The Balaban J connectivity index is 1.01. The zero-order valence-corrected chi connectivity index (χ0v) is 27.4. The second kappa shape index (κ2) is 15.6. The highest BCUT2D eigenvalue weighted by molar-refractivity contribution is 5.99. The number of aliphatic hydroxyl groups excluding tert-OH is 2. The molecule has 0 saturated carbocycles. The van der Waals surface area contributed by atoms with Gasteiger partial charge in [0, 0.05) is 35.6 Å². The number of likely N-dealkylation sites (tertiary alicyclic amines) is 2. The van der Waals surface area contributed by atoms with Crippen molar-refractivity contribution in [2.75, 3.05) is 23.7 Å². The van der Waals surface area contributed by atoms with E-state index in [0.29, 0.717) is 61.3 Å². The fourth-order valence-electron chi connectivity index (χ4n) is 6.35. The van der Waals surface area contributed by atoms with Gasteiger partial charge in [-0.25, -0.2) is 0 Å². The van der Waals surface area contributed by atoms with Crippen LogP contribution in [-0.4, -0.2) is 68.8 Å². The first-order chi connectivity index (χ1) is 24.3. The second-order valence-electron chi connectivity index (χ2n) is 12.4. The molecule has 4 aromatic rings. The Morgan fingerprint density at radius 2 is 0.920 bits per heavy atom. The maximum absolute atomic E-state index is 13.1. The van der Waals surface area contributed by atoms with Crippen molar-refractivity contribution < 1.29 is 29.4 Å². The van der Waals surface area contributed by atoms with Gasteiger partial charge in [0.2, 0.25) is 11.8 Å². The Hall–Kier alpha value is -5.76. The van der Waals surface area contributed by atoms with Crippen LogP contribution in [0.3, 0.4) is 0 Å². The molecule has 2 aliphatic rings. The van der Waals surface area contributed by atoms with Crippen molar-refractivity contribution in [3.8, 4) is 11.8 Å². The fourth-order valence-corrected chi connectivity index (χ4v) is 6.35. The van der Waals surface area contributed by atoms with Crippen LogP contribution in [0.1, 0.15) is 60.1 Å². The number of benzene rings is 4. The number of nitrogens with zero attached hydrogens (tertiary/aromatic N) is 2. The van der Waals surface area contributed by atoms with Gasteiger partial charge in [-0.2, -0.15) is 0 Å². The smallest absolute Gasteiger partial charge is 0.256 e. The van der Waals surface area contributed by atoms with Crippen molar-refractivity contribution >= 4 is 35.0 Å². The average molecular weight is 671 g/mol. The minimum Gasteiger partial charge on any atom is -0.378 e. The van der Waals surface area contributed by atoms with Gasteiger partial charge in [0.05, 0.1) is 0 Å².